The predicted octanol–water partition coefficient (Wildman–Crippen LogP) is 2.72. The summed E-state index contributed by atoms with van der Waals surface area (Å²) in [6.45, 7) is 1.35. The van der Waals surface area contributed by atoms with E-state index in [1.165, 1.54) is 0 Å². The van der Waals surface area contributed by atoms with E-state index in [0.29, 0.717) is 24.5 Å². The quantitative estimate of drug-likeness (QED) is 0.773. The number of anilines is 1. The SMILES string of the molecule is Fc1c(CCl)ccnc1N1CCOC2CCCC21. The lowest BCUT2D eigenvalue weighted by Gasteiger charge is -2.38. The second kappa shape index (κ2) is 5.02. The van der Waals surface area contributed by atoms with E-state index in [4.69, 9.17) is 16.3 Å². The van der Waals surface area contributed by atoms with Gasteiger partial charge in [0.1, 0.15) is 0 Å². The maximum atomic E-state index is 14.3. The molecule has 0 N–H and O–H groups in total. The molecule has 1 aromatic rings. The lowest BCUT2D eigenvalue weighted by Crippen LogP contribution is -2.49. The van der Waals surface area contributed by atoms with Gasteiger partial charge >= 0.3 is 0 Å². The molecule has 2 unspecified atom stereocenters. The van der Waals surface area contributed by atoms with Crippen molar-refractivity contribution in [3.05, 3.63) is 23.6 Å². The second-order valence-corrected chi connectivity index (χ2v) is 5.11. The maximum absolute atomic E-state index is 14.3. The molecule has 1 saturated heterocycles. The van der Waals surface area contributed by atoms with Gasteiger partial charge in [0.15, 0.2) is 11.6 Å². The molecule has 0 amide bonds. The number of hydrogen-bond donors (Lipinski definition) is 0. The average Bonchev–Trinajstić information content (AvgIpc) is 2.87. The van der Waals surface area contributed by atoms with Crippen LogP contribution >= 0.6 is 11.6 Å². The van der Waals surface area contributed by atoms with E-state index in [2.05, 4.69) is 9.88 Å². The molecule has 0 bridgehead atoms. The summed E-state index contributed by atoms with van der Waals surface area (Å²) in [4.78, 5) is 6.27. The highest BCUT2D eigenvalue weighted by molar-refractivity contribution is 6.17. The minimum atomic E-state index is -0.278. The van der Waals surface area contributed by atoms with Gasteiger partial charge in [-0.15, -0.1) is 11.6 Å². The van der Waals surface area contributed by atoms with Crippen LogP contribution in [-0.2, 0) is 10.6 Å². The smallest absolute Gasteiger partial charge is 0.170 e. The van der Waals surface area contributed by atoms with Crippen molar-refractivity contribution >= 4 is 17.4 Å². The summed E-state index contributed by atoms with van der Waals surface area (Å²) in [7, 11) is 0. The minimum Gasteiger partial charge on any atom is -0.374 e. The topological polar surface area (TPSA) is 25.4 Å². The summed E-state index contributed by atoms with van der Waals surface area (Å²) in [5.41, 5.74) is 0.516. The molecule has 2 atom stereocenters. The highest BCUT2D eigenvalue weighted by Crippen LogP contribution is 2.33. The van der Waals surface area contributed by atoms with Gasteiger partial charge in [-0.1, -0.05) is 0 Å². The third-order valence-corrected chi connectivity index (χ3v) is 4.14. The van der Waals surface area contributed by atoms with Crippen LogP contribution in [-0.4, -0.2) is 30.3 Å². The fourth-order valence-corrected chi connectivity index (χ4v) is 3.17. The molecule has 1 aliphatic carbocycles. The third-order valence-electron chi connectivity index (χ3n) is 3.85. The fraction of sp³-hybridized carbons (Fsp3) is 0.615. The molecule has 1 aliphatic heterocycles. The molecule has 2 heterocycles. The first-order chi connectivity index (χ1) is 8.81. The molecule has 3 rings (SSSR count). The summed E-state index contributed by atoms with van der Waals surface area (Å²) < 4.78 is 20.0. The van der Waals surface area contributed by atoms with Crippen molar-refractivity contribution in [2.75, 3.05) is 18.1 Å². The molecule has 5 heteroatoms. The zero-order chi connectivity index (χ0) is 12.5. The highest BCUT2D eigenvalue weighted by Gasteiger charge is 2.37. The molecule has 0 spiro atoms. The van der Waals surface area contributed by atoms with Crippen molar-refractivity contribution < 1.29 is 9.13 Å². The van der Waals surface area contributed by atoms with Crippen LogP contribution < -0.4 is 4.90 Å². The van der Waals surface area contributed by atoms with Crippen LogP contribution in [0.5, 0.6) is 0 Å². The molecule has 2 fully saturated rings. The van der Waals surface area contributed by atoms with E-state index in [-0.39, 0.29) is 23.8 Å². The van der Waals surface area contributed by atoms with E-state index in [0.717, 1.165) is 19.3 Å². The van der Waals surface area contributed by atoms with Crippen LogP contribution in [0.1, 0.15) is 24.8 Å². The number of pyridine rings is 1. The summed E-state index contributed by atoms with van der Waals surface area (Å²) in [6, 6.07) is 1.91. The number of rotatable bonds is 2. The van der Waals surface area contributed by atoms with Crippen LogP contribution in [0, 0.1) is 5.82 Å². The number of aromatic nitrogens is 1. The van der Waals surface area contributed by atoms with E-state index in [1.54, 1.807) is 12.3 Å². The van der Waals surface area contributed by atoms with Crippen LogP contribution in [0.4, 0.5) is 10.2 Å². The van der Waals surface area contributed by atoms with Crippen LogP contribution in [0.2, 0.25) is 0 Å². The normalized spacial score (nSPS) is 27.3. The molecule has 2 aliphatic rings. The molecule has 18 heavy (non-hydrogen) atoms. The number of alkyl halides is 1. The Morgan fingerprint density at radius 3 is 3.22 bits per heavy atom. The van der Waals surface area contributed by atoms with Gasteiger partial charge in [-0.05, 0) is 25.3 Å². The van der Waals surface area contributed by atoms with Gasteiger partial charge in [0.25, 0.3) is 0 Å². The van der Waals surface area contributed by atoms with Gasteiger partial charge < -0.3 is 9.64 Å². The lowest BCUT2D eigenvalue weighted by molar-refractivity contribution is 0.0250. The standard InChI is InChI=1S/C13H16ClFN2O/c14-8-9-4-5-16-13(12(9)15)17-6-7-18-11-3-1-2-10(11)17/h4-5,10-11H,1-3,6-8H2. The van der Waals surface area contributed by atoms with Gasteiger partial charge in [0.05, 0.1) is 24.6 Å². The molecule has 1 saturated carbocycles. The average molecular weight is 271 g/mol. The molecule has 98 valence electrons. The van der Waals surface area contributed by atoms with Crippen LogP contribution in [0.15, 0.2) is 12.3 Å². The Morgan fingerprint density at radius 1 is 1.50 bits per heavy atom. The van der Waals surface area contributed by atoms with Crippen molar-refractivity contribution in [2.45, 2.75) is 37.3 Å². The molecule has 3 nitrogen and oxygen atoms in total. The Kier molecular flexibility index (Phi) is 3.39. The van der Waals surface area contributed by atoms with E-state index in [9.17, 15) is 4.39 Å². The lowest BCUT2D eigenvalue weighted by atomic mass is 10.1. The van der Waals surface area contributed by atoms with Crippen molar-refractivity contribution in [2.24, 2.45) is 0 Å². The first kappa shape index (κ1) is 12.2. The Labute approximate surface area is 111 Å². The molecule has 0 aromatic carbocycles. The largest absolute Gasteiger partial charge is 0.374 e. The molecule has 1 aromatic heterocycles. The molecule has 0 radical (unpaired) electrons. The van der Waals surface area contributed by atoms with E-state index >= 15 is 0 Å². The van der Waals surface area contributed by atoms with E-state index < -0.39 is 0 Å². The number of nitrogens with zero attached hydrogens (tertiary/aromatic N) is 2. The fourth-order valence-electron chi connectivity index (χ4n) is 2.96. The number of morpholine rings is 1. The number of hydrogen-bond acceptors (Lipinski definition) is 3. The Bertz CT molecular complexity index is 443. The first-order valence-corrected chi connectivity index (χ1v) is 6.92. The molecular weight excluding hydrogens is 255 g/mol. The van der Waals surface area contributed by atoms with Crippen LogP contribution in [0.3, 0.4) is 0 Å². The summed E-state index contributed by atoms with van der Waals surface area (Å²) in [5, 5.41) is 0. The Morgan fingerprint density at radius 2 is 2.39 bits per heavy atom. The van der Waals surface area contributed by atoms with Gasteiger partial charge in [0, 0.05) is 18.3 Å². The zero-order valence-electron chi connectivity index (χ0n) is 10.1. The monoisotopic (exact) mass is 270 g/mol. The second-order valence-electron chi connectivity index (χ2n) is 4.84. The van der Waals surface area contributed by atoms with Crippen molar-refractivity contribution in [3.63, 3.8) is 0 Å². The van der Waals surface area contributed by atoms with Crippen molar-refractivity contribution in [1.82, 2.24) is 4.98 Å². The van der Waals surface area contributed by atoms with Gasteiger partial charge in [-0.25, -0.2) is 9.37 Å². The summed E-state index contributed by atoms with van der Waals surface area (Å²) >= 11 is 5.74. The highest BCUT2D eigenvalue weighted by atomic mass is 35.5. The Hall–Kier alpha value is -0.870. The minimum absolute atomic E-state index is 0.180. The maximum Gasteiger partial charge on any atom is 0.170 e. The number of ether oxygens (including phenoxy) is 1. The van der Waals surface area contributed by atoms with Gasteiger partial charge in [-0.2, -0.15) is 0 Å². The van der Waals surface area contributed by atoms with Gasteiger partial charge in [-0.3, -0.25) is 0 Å². The first-order valence-electron chi connectivity index (χ1n) is 6.39. The van der Waals surface area contributed by atoms with E-state index in [1.807, 2.05) is 0 Å². The third kappa shape index (κ3) is 1.97. The van der Waals surface area contributed by atoms with Crippen LogP contribution in [0.25, 0.3) is 0 Å². The summed E-state index contributed by atoms with van der Waals surface area (Å²) in [5.74, 6) is 0.341. The summed E-state index contributed by atoms with van der Waals surface area (Å²) in [6.07, 6.45) is 5.13. The molecular formula is C13H16ClFN2O. The van der Waals surface area contributed by atoms with Gasteiger partial charge in [0.2, 0.25) is 0 Å². The van der Waals surface area contributed by atoms with Crippen molar-refractivity contribution in [3.8, 4) is 0 Å². The number of halogens is 2. The Balaban J connectivity index is 1.93. The zero-order valence-corrected chi connectivity index (χ0v) is 10.9. The van der Waals surface area contributed by atoms with Crippen molar-refractivity contribution in [1.29, 1.82) is 0 Å². The predicted molar refractivity (Wildman–Crippen MR) is 68.5 cm³/mol. The number of fused-ring (bicyclic) bond motifs is 1.